The molecule has 0 amide bonds. The summed E-state index contributed by atoms with van der Waals surface area (Å²) in [6, 6.07) is 16.1. The molecule has 0 unspecified atom stereocenters. The summed E-state index contributed by atoms with van der Waals surface area (Å²) in [4.78, 5) is 11.2. The van der Waals surface area contributed by atoms with Crippen LogP contribution in [0, 0.1) is 0 Å². The number of fused-ring (bicyclic) bond motifs is 3. The number of hydrogen-bond donors (Lipinski definition) is 2. The molecule has 0 spiro atoms. The van der Waals surface area contributed by atoms with Gasteiger partial charge in [-0.15, -0.1) is 0 Å². The average molecular weight is 584 g/mol. The summed E-state index contributed by atoms with van der Waals surface area (Å²) in [5.74, 6) is 0.964. The second-order valence-corrected chi connectivity index (χ2v) is 12.0. The van der Waals surface area contributed by atoms with E-state index in [9.17, 15) is 8.42 Å². The monoisotopic (exact) mass is 583 g/mol. The number of anilines is 2. The van der Waals surface area contributed by atoms with Crippen molar-refractivity contribution in [2.75, 3.05) is 30.3 Å². The highest BCUT2D eigenvalue weighted by molar-refractivity contribution is 7.92. The first kappa shape index (κ1) is 26.1. The highest BCUT2D eigenvalue weighted by Crippen LogP contribution is 2.48. The SMILES string of the molecule is CC=CN1CCC[C@@H](n2nc(-c3ccc(NS(=O)(=O)c4ccc5ccccc5c4)c4c3OCO4)c3c(N)ncnc32)C1. The summed E-state index contributed by atoms with van der Waals surface area (Å²) in [5, 5.41) is 7.40. The summed E-state index contributed by atoms with van der Waals surface area (Å²) in [7, 11) is -3.92. The summed E-state index contributed by atoms with van der Waals surface area (Å²) >= 11 is 0. The third-order valence-electron chi connectivity index (χ3n) is 7.70. The molecule has 3 aromatic carbocycles. The Hall–Kier alpha value is -4.84. The lowest BCUT2D eigenvalue weighted by Crippen LogP contribution is -2.33. The first-order chi connectivity index (χ1) is 20.4. The smallest absolute Gasteiger partial charge is 0.262 e. The van der Waals surface area contributed by atoms with Crippen LogP contribution in [-0.2, 0) is 10.0 Å². The first-order valence-corrected chi connectivity index (χ1v) is 15.2. The largest absolute Gasteiger partial charge is 0.453 e. The van der Waals surface area contributed by atoms with Crippen LogP contribution in [0.15, 0.2) is 78.1 Å². The third kappa shape index (κ3) is 4.44. The number of benzene rings is 3. The van der Waals surface area contributed by atoms with E-state index in [1.165, 1.54) is 6.33 Å². The number of likely N-dealkylation sites (tertiary alicyclic amines) is 1. The lowest BCUT2D eigenvalue weighted by Gasteiger charge is -2.32. The number of rotatable bonds is 6. The van der Waals surface area contributed by atoms with Crippen molar-refractivity contribution in [1.29, 1.82) is 0 Å². The lowest BCUT2D eigenvalue weighted by atomic mass is 10.1. The highest BCUT2D eigenvalue weighted by Gasteiger charge is 2.31. The number of aromatic nitrogens is 4. The van der Waals surface area contributed by atoms with Crippen molar-refractivity contribution < 1.29 is 17.9 Å². The Balaban J connectivity index is 1.29. The zero-order valence-corrected chi connectivity index (χ0v) is 23.7. The van der Waals surface area contributed by atoms with Gasteiger partial charge in [-0.05, 0) is 61.0 Å². The van der Waals surface area contributed by atoms with Crippen molar-refractivity contribution in [1.82, 2.24) is 24.6 Å². The van der Waals surface area contributed by atoms with Gasteiger partial charge in [0.05, 0.1) is 22.0 Å². The molecule has 0 radical (unpaired) electrons. The Morgan fingerprint density at radius 3 is 2.74 bits per heavy atom. The zero-order valence-electron chi connectivity index (χ0n) is 22.9. The van der Waals surface area contributed by atoms with E-state index in [0.29, 0.717) is 33.9 Å². The van der Waals surface area contributed by atoms with Gasteiger partial charge in [0, 0.05) is 18.7 Å². The second kappa shape index (κ2) is 10.2. The predicted octanol–water partition coefficient (Wildman–Crippen LogP) is 4.93. The van der Waals surface area contributed by atoms with Crippen molar-refractivity contribution in [2.45, 2.75) is 30.7 Å². The zero-order chi connectivity index (χ0) is 28.8. The predicted molar refractivity (Wildman–Crippen MR) is 161 cm³/mol. The molecule has 11 nitrogen and oxygen atoms in total. The van der Waals surface area contributed by atoms with E-state index in [0.717, 1.165) is 36.7 Å². The van der Waals surface area contributed by atoms with E-state index < -0.39 is 10.0 Å². The van der Waals surface area contributed by atoms with Gasteiger partial charge in [-0.2, -0.15) is 5.10 Å². The van der Waals surface area contributed by atoms with Crippen LogP contribution in [0.1, 0.15) is 25.8 Å². The van der Waals surface area contributed by atoms with Gasteiger partial charge in [-0.25, -0.2) is 23.1 Å². The molecule has 2 aliphatic heterocycles. The van der Waals surface area contributed by atoms with Crippen LogP contribution in [0.2, 0.25) is 0 Å². The van der Waals surface area contributed by atoms with Gasteiger partial charge < -0.3 is 20.1 Å². The van der Waals surface area contributed by atoms with Gasteiger partial charge in [-0.3, -0.25) is 4.72 Å². The number of nitrogen functional groups attached to an aromatic ring is 1. The van der Waals surface area contributed by atoms with Crippen molar-refractivity contribution >= 4 is 43.3 Å². The molecule has 1 fully saturated rings. The standard InChI is InChI=1S/C30H29N7O4S/c1-2-13-36-14-5-8-21(16-36)37-30-25(29(31)32-17-33-30)26(34-37)23-11-12-24(28-27(23)40-18-41-28)35-42(38,39)22-10-9-19-6-3-4-7-20(19)15-22/h2-4,6-7,9-13,15,17,21,35H,5,8,14,16,18H2,1H3,(H2,31,32,33)/t21-/m1/s1. The van der Waals surface area contributed by atoms with Crippen LogP contribution in [0.4, 0.5) is 11.5 Å². The molecule has 42 heavy (non-hydrogen) atoms. The third-order valence-corrected chi connectivity index (χ3v) is 9.06. The summed E-state index contributed by atoms with van der Waals surface area (Å²) in [6.07, 6.45) is 7.54. The molecule has 0 aliphatic carbocycles. The highest BCUT2D eigenvalue weighted by atomic mass is 32.2. The molecular weight excluding hydrogens is 554 g/mol. The molecule has 3 N–H and O–H groups in total. The molecule has 0 saturated carbocycles. The minimum absolute atomic E-state index is 0.0669. The fraction of sp³-hybridized carbons (Fsp3) is 0.233. The molecule has 214 valence electrons. The number of ether oxygens (including phenoxy) is 2. The Morgan fingerprint density at radius 1 is 1.05 bits per heavy atom. The average Bonchev–Trinajstić information content (AvgIpc) is 3.64. The van der Waals surface area contributed by atoms with E-state index >= 15 is 0 Å². The molecule has 4 heterocycles. The quantitative estimate of drug-likeness (QED) is 0.285. The van der Waals surface area contributed by atoms with Gasteiger partial charge >= 0.3 is 0 Å². The van der Waals surface area contributed by atoms with E-state index in [4.69, 9.17) is 20.3 Å². The lowest BCUT2D eigenvalue weighted by molar-refractivity contribution is 0.174. The van der Waals surface area contributed by atoms with Crippen LogP contribution < -0.4 is 19.9 Å². The Bertz CT molecular complexity index is 1970. The number of nitrogens with two attached hydrogens (primary N) is 1. The number of sulfonamides is 1. The second-order valence-electron chi connectivity index (χ2n) is 10.4. The van der Waals surface area contributed by atoms with Crippen LogP contribution in [0.5, 0.6) is 11.5 Å². The maximum absolute atomic E-state index is 13.4. The number of nitrogens with zero attached hydrogens (tertiary/aromatic N) is 5. The Morgan fingerprint density at radius 2 is 1.88 bits per heavy atom. The molecule has 2 aliphatic rings. The summed E-state index contributed by atoms with van der Waals surface area (Å²) in [6.45, 7) is 3.72. The molecular formula is C30H29N7O4S. The molecule has 1 saturated heterocycles. The van der Waals surface area contributed by atoms with E-state index in [2.05, 4.69) is 25.8 Å². The minimum atomic E-state index is -3.92. The fourth-order valence-corrected chi connectivity index (χ4v) is 6.87. The molecule has 2 aromatic heterocycles. The van der Waals surface area contributed by atoms with E-state index in [1.807, 2.05) is 41.9 Å². The topological polar surface area (TPSA) is 137 Å². The van der Waals surface area contributed by atoms with Gasteiger partial charge in [0.25, 0.3) is 10.0 Å². The Labute approximate surface area is 242 Å². The molecule has 12 heteroatoms. The summed E-state index contributed by atoms with van der Waals surface area (Å²) in [5.41, 5.74) is 8.45. The van der Waals surface area contributed by atoms with Gasteiger partial charge in [0.2, 0.25) is 6.79 Å². The molecule has 5 aromatic rings. The van der Waals surface area contributed by atoms with Crippen LogP contribution in [0.3, 0.4) is 0 Å². The molecule has 1 atom stereocenters. The number of piperidine rings is 1. The number of nitrogens with one attached hydrogen (secondary N) is 1. The van der Waals surface area contributed by atoms with Gasteiger partial charge in [0.1, 0.15) is 17.8 Å². The normalized spacial score (nSPS) is 17.0. The van der Waals surface area contributed by atoms with Gasteiger partial charge in [0.15, 0.2) is 17.1 Å². The summed E-state index contributed by atoms with van der Waals surface area (Å²) < 4.78 is 43.1. The Kier molecular flexibility index (Phi) is 6.34. The minimum Gasteiger partial charge on any atom is -0.453 e. The van der Waals surface area contributed by atoms with Crippen molar-refractivity contribution in [3.63, 3.8) is 0 Å². The molecule has 0 bridgehead atoms. The van der Waals surface area contributed by atoms with Crippen LogP contribution in [-0.4, -0.2) is 52.9 Å². The van der Waals surface area contributed by atoms with Crippen LogP contribution in [0.25, 0.3) is 33.1 Å². The first-order valence-electron chi connectivity index (χ1n) is 13.7. The number of hydrogen-bond acceptors (Lipinski definition) is 9. The number of allylic oxidation sites excluding steroid dienone is 1. The molecule has 7 rings (SSSR count). The van der Waals surface area contributed by atoms with Crippen molar-refractivity contribution in [2.24, 2.45) is 0 Å². The van der Waals surface area contributed by atoms with E-state index in [1.54, 1.807) is 30.3 Å². The maximum atomic E-state index is 13.4. The van der Waals surface area contributed by atoms with E-state index in [-0.39, 0.29) is 29.2 Å². The van der Waals surface area contributed by atoms with Crippen molar-refractivity contribution in [3.8, 4) is 22.8 Å². The van der Waals surface area contributed by atoms with Crippen LogP contribution >= 0.6 is 0 Å². The fourth-order valence-electron chi connectivity index (χ4n) is 5.77. The maximum Gasteiger partial charge on any atom is 0.262 e. The van der Waals surface area contributed by atoms with Crippen molar-refractivity contribution in [3.05, 3.63) is 73.2 Å². The van der Waals surface area contributed by atoms with Gasteiger partial charge in [-0.1, -0.05) is 36.4 Å².